The number of benzene rings is 1. The van der Waals surface area contributed by atoms with Crippen molar-refractivity contribution in [3.8, 4) is 0 Å². The van der Waals surface area contributed by atoms with Gasteiger partial charge in [-0.3, -0.25) is 14.5 Å². The summed E-state index contributed by atoms with van der Waals surface area (Å²) in [5.41, 5.74) is 2.72. The summed E-state index contributed by atoms with van der Waals surface area (Å²) in [5.74, 6) is -1.20. The van der Waals surface area contributed by atoms with Crippen LogP contribution in [0, 0.1) is 0 Å². The van der Waals surface area contributed by atoms with Crippen molar-refractivity contribution in [1.29, 1.82) is 0 Å². The van der Waals surface area contributed by atoms with Gasteiger partial charge >= 0.3 is 5.97 Å². The second-order valence-electron chi connectivity index (χ2n) is 5.21. The van der Waals surface area contributed by atoms with Crippen LogP contribution in [0.3, 0.4) is 0 Å². The van der Waals surface area contributed by atoms with Gasteiger partial charge in [0.1, 0.15) is 6.04 Å². The molecule has 2 rings (SSSR count). The quantitative estimate of drug-likeness (QED) is 0.823. The van der Waals surface area contributed by atoms with Crippen LogP contribution in [0.2, 0.25) is 0 Å². The van der Waals surface area contributed by atoms with E-state index in [1.807, 2.05) is 12.1 Å². The molecule has 1 atom stereocenters. The monoisotopic (exact) mass is 276 g/mol. The maximum Gasteiger partial charge on any atom is 0.325 e. The predicted octanol–water partition coefficient (Wildman–Crippen LogP) is 1.37. The zero-order valence-corrected chi connectivity index (χ0v) is 11.6. The van der Waals surface area contributed by atoms with Crippen molar-refractivity contribution in [2.24, 2.45) is 0 Å². The minimum atomic E-state index is -1.01. The molecule has 1 aliphatic rings. The van der Waals surface area contributed by atoms with Crippen molar-refractivity contribution in [3.63, 3.8) is 0 Å². The molecule has 0 aromatic heterocycles. The molecule has 1 aromatic rings. The van der Waals surface area contributed by atoms with Crippen molar-refractivity contribution >= 4 is 11.9 Å². The molecule has 108 valence electrons. The summed E-state index contributed by atoms with van der Waals surface area (Å²) in [4.78, 5) is 24.5. The van der Waals surface area contributed by atoms with Gasteiger partial charge in [-0.25, -0.2) is 0 Å². The van der Waals surface area contributed by atoms with Gasteiger partial charge < -0.3 is 10.4 Å². The maximum absolute atomic E-state index is 11.6. The van der Waals surface area contributed by atoms with Crippen LogP contribution in [0.25, 0.3) is 0 Å². The summed E-state index contributed by atoms with van der Waals surface area (Å²) in [6.45, 7) is 4.19. The first-order valence-corrected chi connectivity index (χ1v) is 6.87. The van der Waals surface area contributed by atoms with E-state index in [1.54, 1.807) is 0 Å². The van der Waals surface area contributed by atoms with Gasteiger partial charge in [-0.05, 0) is 31.0 Å². The Bertz CT molecular complexity index is 477. The Hall–Kier alpha value is -1.88. The number of hydrogen-bond acceptors (Lipinski definition) is 3. The number of rotatable bonds is 6. The smallest absolute Gasteiger partial charge is 0.325 e. The Morgan fingerprint density at radius 3 is 2.45 bits per heavy atom. The number of hydrogen-bond donors (Lipinski definition) is 2. The third-order valence-electron chi connectivity index (χ3n) is 3.53. The highest BCUT2D eigenvalue weighted by atomic mass is 16.4. The number of aliphatic carboxylic acids is 1. The fourth-order valence-electron chi connectivity index (χ4n) is 2.40. The lowest BCUT2D eigenvalue weighted by Crippen LogP contribution is -2.38. The fraction of sp³-hybridized carbons (Fsp3) is 0.467. The molecule has 0 radical (unpaired) electrons. The lowest BCUT2D eigenvalue weighted by molar-refractivity contribution is -0.141. The van der Waals surface area contributed by atoms with Crippen molar-refractivity contribution < 1.29 is 14.7 Å². The van der Waals surface area contributed by atoms with Gasteiger partial charge in [0, 0.05) is 19.5 Å². The number of fused-ring (bicyclic) bond motifs is 1. The minimum Gasteiger partial charge on any atom is -0.480 e. The Labute approximate surface area is 118 Å². The number of nitrogens with zero attached hydrogens (tertiary/aromatic N) is 1. The number of carbonyl (C=O) groups excluding carboxylic acids is 1. The molecule has 0 bridgehead atoms. The standard InChI is InChI=1S/C15H20N2O3/c1-11(15(19)20)16-14(18)7-4-8-17-9-12-5-2-3-6-13(12)10-17/h2-3,5-6,11H,4,7-10H2,1H3,(H,16,18)(H,19,20)/t11-/m1/s1. The van der Waals surface area contributed by atoms with Crippen molar-refractivity contribution in [1.82, 2.24) is 10.2 Å². The molecule has 0 saturated carbocycles. The third-order valence-corrected chi connectivity index (χ3v) is 3.53. The molecule has 1 heterocycles. The molecule has 0 aliphatic carbocycles. The van der Waals surface area contributed by atoms with Crippen LogP contribution in [0.15, 0.2) is 24.3 Å². The summed E-state index contributed by atoms with van der Waals surface area (Å²) < 4.78 is 0. The number of amides is 1. The summed E-state index contributed by atoms with van der Waals surface area (Å²) in [6, 6.07) is 7.54. The molecule has 2 N–H and O–H groups in total. The Kier molecular flexibility index (Phi) is 4.74. The average molecular weight is 276 g/mol. The van der Waals surface area contributed by atoms with Gasteiger partial charge in [0.2, 0.25) is 5.91 Å². The second kappa shape index (κ2) is 6.52. The van der Waals surface area contributed by atoms with Crippen LogP contribution in [-0.2, 0) is 22.7 Å². The molecule has 20 heavy (non-hydrogen) atoms. The van der Waals surface area contributed by atoms with E-state index in [1.165, 1.54) is 18.1 Å². The van der Waals surface area contributed by atoms with Gasteiger partial charge in [-0.15, -0.1) is 0 Å². The highest BCUT2D eigenvalue weighted by Crippen LogP contribution is 2.22. The van der Waals surface area contributed by atoms with Gasteiger partial charge in [-0.1, -0.05) is 24.3 Å². The van der Waals surface area contributed by atoms with Gasteiger partial charge in [0.15, 0.2) is 0 Å². The zero-order valence-electron chi connectivity index (χ0n) is 11.6. The molecular weight excluding hydrogens is 256 g/mol. The summed E-state index contributed by atoms with van der Waals surface area (Å²) in [6.07, 6.45) is 1.11. The molecule has 1 aromatic carbocycles. The van der Waals surface area contributed by atoms with E-state index < -0.39 is 12.0 Å². The highest BCUT2D eigenvalue weighted by Gasteiger charge is 2.18. The normalized spacial score (nSPS) is 15.7. The minimum absolute atomic E-state index is 0.198. The van der Waals surface area contributed by atoms with Gasteiger partial charge in [-0.2, -0.15) is 0 Å². The largest absolute Gasteiger partial charge is 0.480 e. The van der Waals surface area contributed by atoms with E-state index in [0.29, 0.717) is 6.42 Å². The lowest BCUT2D eigenvalue weighted by atomic mass is 10.1. The van der Waals surface area contributed by atoms with E-state index >= 15 is 0 Å². The van der Waals surface area contributed by atoms with E-state index in [2.05, 4.69) is 22.3 Å². The Balaban J connectivity index is 1.68. The number of carboxylic acids is 1. The Morgan fingerprint density at radius 1 is 1.30 bits per heavy atom. The van der Waals surface area contributed by atoms with E-state index in [-0.39, 0.29) is 5.91 Å². The highest BCUT2D eigenvalue weighted by molar-refractivity contribution is 5.83. The van der Waals surface area contributed by atoms with E-state index in [0.717, 1.165) is 26.1 Å². The molecule has 0 spiro atoms. The van der Waals surface area contributed by atoms with Crippen molar-refractivity contribution in [2.75, 3.05) is 6.54 Å². The molecule has 1 amide bonds. The number of carboxylic acid groups (broad SMARTS) is 1. The van der Waals surface area contributed by atoms with E-state index in [4.69, 9.17) is 5.11 Å². The Morgan fingerprint density at radius 2 is 1.90 bits per heavy atom. The molecule has 5 nitrogen and oxygen atoms in total. The first kappa shape index (κ1) is 14.5. The summed E-state index contributed by atoms with van der Waals surface area (Å²) >= 11 is 0. The maximum atomic E-state index is 11.6. The molecule has 5 heteroatoms. The van der Waals surface area contributed by atoms with Crippen LogP contribution in [0.4, 0.5) is 0 Å². The topological polar surface area (TPSA) is 69.6 Å². The average Bonchev–Trinajstić information content (AvgIpc) is 2.81. The summed E-state index contributed by atoms with van der Waals surface area (Å²) in [5, 5.41) is 11.2. The van der Waals surface area contributed by atoms with Crippen LogP contribution in [0.5, 0.6) is 0 Å². The SMILES string of the molecule is C[C@@H](NC(=O)CCCN1Cc2ccccc2C1)C(=O)O. The molecule has 1 aliphatic heterocycles. The van der Waals surface area contributed by atoms with Gasteiger partial charge in [0.25, 0.3) is 0 Å². The zero-order chi connectivity index (χ0) is 14.5. The first-order chi connectivity index (χ1) is 9.56. The van der Waals surface area contributed by atoms with Crippen LogP contribution >= 0.6 is 0 Å². The van der Waals surface area contributed by atoms with Crippen molar-refractivity contribution in [2.45, 2.75) is 38.9 Å². The van der Waals surface area contributed by atoms with Crippen LogP contribution in [-0.4, -0.2) is 34.5 Å². The predicted molar refractivity (Wildman–Crippen MR) is 75.0 cm³/mol. The van der Waals surface area contributed by atoms with Gasteiger partial charge in [0.05, 0.1) is 0 Å². The summed E-state index contributed by atoms with van der Waals surface area (Å²) in [7, 11) is 0. The molecular formula is C15H20N2O3. The number of carbonyl (C=O) groups is 2. The van der Waals surface area contributed by atoms with E-state index in [9.17, 15) is 9.59 Å². The fourth-order valence-corrected chi connectivity index (χ4v) is 2.40. The first-order valence-electron chi connectivity index (χ1n) is 6.87. The molecule has 0 saturated heterocycles. The molecule has 0 fully saturated rings. The van der Waals surface area contributed by atoms with Crippen LogP contribution in [0.1, 0.15) is 30.9 Å². The van der Waals surface area contributed by atoms with Crippen LogP contribution < -0.4 is 5.32 Å². The third kappa shape index (κ3) is 3.81. The number of nitrogens with one attached hydrogen (secondary N) is 1. The molecule has 0 unspecified atom stereocenters. The second-order valence-corrected chi connectivity index (χ2v) is 5.21. The van der Waals surface area contributed by atoms with Crippen molar-refractivity contribution in [3.05, 3.63) is 35.4 Å². The lowest BCUT2D eigenvalue weighted by Gasteiger charge is -2.14.